The molecule has 0 aliphatic rings. The monoisotopic (exact) mass is 280 g/mol. The topological polar surface area (TPSA) is 42.7 Å². The van der Waals surface area contributed by atoms with E-state index in [4.69, 9.17) is 0 Å². The van der Waals surface area contributed by atoms with Crippen LogP contribution in [0.2, 0.25) is 0 Å². The van der Waals surface area contributed by atoms with Gasteiger partial charge in [0.2, 0.25) is 0 Å². The molecule has 6 heteroatoms. The van der Waals surface area contributed by atoms with Crippen molar-refractivity contribution in [2.75, 3.05) is 0 Å². The summed E-state index contributed by atoms with van der Waals surface area (Å²) in [5.74, 6) is -0.226. The maximum atomic E-state index is 13.6. The van der Waals surface area contributed by atoms with Crippen molar-refractivity contribution in [1.82, 2.24) is 20.1 Å². The van der Waals surface area contributed by atoms with E-state index in [1.165, 1.54) is 12.4 Å². The van der Waals surface area contributed by atoms with Gasteiger partial charge in [-0.05, 0) is 39.0 Å². The van der Waals surface area contributed by atoms with Crippen molar-refractivity contribution in [3.05, 3.63) is 47.5 Å². The highest BCUT2D eigenvalue weighted by Gasteiger charge is 2.13. The predicted octanol–water partition coefficient (Wildman–Crippen LogP) is 2.49. The fraction of sp³-hybridized carbons (Fsp3) is 0.429. The second-order valence-corrected chi connectivity index (χ2v) is 5.67. The van der Waals surface area contributed by atoms with Crippen LogP contribution in [0.15, 0.2) is 24.5 Å². The molecule has 1 aromatic heterocycles. The van der Waals surface area contributed by atoms with Crippen LogP contribution in [0.5, 0.6) is 0 Å². The smallest absolute Gasteiger partial charge is 0.141 e. The van der Waals surface area contributed by atoms with Gasteiger partial charge in [-0.1, -0.05) is 0 Å². The van der Waals surface area contributed by atoms with Crippen LogP contribution in [-0.2, 0) is 13.1 Å². The van der Waals surface area contributed by atoms with Crippen molar-refractivity contribution >= 4 is 0 Å². The zero-order valence-electron chi connectivity index (χ0n) is 11.8. The fourth-order valence-corrected chi connectivity index (χ4v) is 1.73. The molecule has 2 rings (SSSR count). The van der Waals surface area contributed by atoms with Gasteiger partial charge in [0.15, 0.2) is 0 Å². The van der Waals surface area contributed by atoms with Crippen molar-refractivity contribution < 1.29 is 8.78 Å². The number of benzene rings is 1. The summed E-state index contributed by atoms with van der Waals surface area (Å²) in [6, 6.07) is 3.40. The Morgan fingerprint density at radius 2 is 2.00 bits per heavy atom. The molecule has 0 radical (unpaired) electrons. The van der Waals surface area contributed by atoms with Crippen LogP contribution in [0.3, 0.4) is 0 Å². The maximum Gasteiger partial charge on any atom is 0.141 e. The fourth-order valence-electron chi connectivity index (χ4n) is 1.73. The van der Waals surface area contributed by atoms with E-state index < -0.39 is 11.6 Å². The number of halogens is 2. The third kappa shape index (κ3) is 3.84. The van der Waals surface area contributed by atoms with Crippen molar-refractivity contribution in [3.8, 4) is 0 Å². The van der Waals surface area contributed by atoms with Gasteiger partial charge in [0.05, 0.1) is 13.1 Å². The minimum absolute atomic E-state index is 0.0547. The molecular formula is C14H18F2N4. The van der Waals surface area contributed by atoms with E-state index in [0.29, 0.717) is 12.4 Å². The molecule has 0 spiro atoms. The first kappa shape index (κ1) is 14.6. The molecule has 2 aromatic rings. The third-order valence-corrected chi connectivity index (χ3v) is 2.80. The normalized spacial score (nSPS) is 11.8. The summed E-state index contributed by atoms with van der Waals surface area (Å²) >= 11 is 0. The van der Waals surface area contributed by atoms with Gasteiger partial charge in [0, 0.05) is 11.1 Å². The number of rotatable bonds is 4. The largest absolute Gasteiger partial charge is 0.305 e. The maximum absolute atomic E-state index is 13.6. The molecule has 0 saturated carbocycles. The van der Waals surface area contributed by atoms with Gasteiger partial charge in [-0.15, -0.1) is 0 Å². The molecule has 1 aromatic carbocycles. The quantitative estimate of drug-likeness (QED) is 0.935. The summed E-state index contributed by atoms with van der Waals surface area (Å²) in [6.45, 7) is 6.80. The van der Waals surface area contributed by atoms with Crippen molar-refractivity contribution in [1.29, 1.82) is 0 Å². The van der Waals surface area contributed by atoms with Crippen LogP contribution in [0.25, 0.3) is 0 Å². The molecule has 0 bridgehead atoms. The van der Waals surface area contributed by atoms with Crippen molar-refractivity contribution in [2.45, 2.75) is 39.4 Å². The van der Waals surface area contributed by atoms with Crippen molar-refractivity contribution in [3.63, 3.8) is 0 Å². The third-order valence-electron chi connectivity index (χ3n) is 2.80. The van der Waals surface area contributed by atoms with Crippen LogP contribution in [-0.4, -0.2) is 20.3 Å². The lowest BCUT2D eigenvalue weighted by Crippen LogP contribution is -2.36. The average Bonchev–Trinajstić information content (AvgIpc) is 2.78. The standard InChI is InChI=1S/C14H18F2N4/c1-14(2,3)18-7-13-17-9-19-20(13)8-10-6-11(15)4-5-12(10)16/h4-6,9,18H,7-8H2,1-3H3. The SMILES string of the molecule is CC(C)(C)NCc1ncnn1Cc1cc(F)ccc1F. The highest BCUT2D eigenvalue weighted by atomic mass is 19.1. The lowest BCUT2D eigenvalue weighted by atomic mass is 10.1. The Hall–Kier alpha value is -1.82. The van der Waals surface area contributed by atoms with Gasteiger partial charge < -0.3 is 5.32 Å². The summed E-state index contributed by atoms with van der Waals surface area (Å²) in [5.41, 5.74) is 0.202. The Balaban J connectivity index is 2.14. The Kier molecular flexibility index (Phi) is 4.13. The van der Waals surface area contributed by atoms with E-state index in [0.717, 1.165) is 12.1 Å². The molecule has 0 aliphatic carbocycles. The summed E-state index contributed by atoms with van der Waals surface area (Å²) in [5, 5.41) is 7.34. The number of nitrogens with zero attached hydrogens (tertiary/aromatic N) is 3. The molecule has 108 valence electrons. The predicted molar refractivity (Wildman–Crippen MR) is 72.1 cm³/mol. The molecule has 0 saturated heterocycles. The molecule has 0 fully saturated rings. The lowest BCUT2D eigenvalue weighted by Gasteiger charge is -2.20. The molecule has 0 unspecified atom stereocenters. The van der Waals surface area contributed by atoms with E-state index in [9.17, 15) is 8.78 Å². The number of hydrogen-bond acceptors (Lipinski definition) is 3. The first-order chi connectivity index (χ1) is 9.35. The van der Waals surface area contributed by atoms with Gasteiger partial charge in [-0.3, -0.25) is 0 Å². The van der Waals surface area contributed by atoms with Crippen LogP contribution >= 0.6 is 0 Å². The summed E-state index contributed by atoms with van der Waals surface area (Å²) in [7, 11) is 0. The second-order valence-electron chi connectivity index (χ2n) is 5.67. The Morgan fingerprint density at radius 1 is 1.25 bits per heavy atom. The molecule has 0 aliphatic heterocycles. The van der Waals surface area contributed by atoms with E-state index in [2.05, 4.69) is 15.4 Å². The molecule has 1 heterocycles. The molecule has 0 amide bonds. The second kappa shape index (κ2) is 5.66. The summed E-state index contributed by atoms with van der Waals surface area (Å²) in [6.07, 6.45) is 1.41. The molecular weight excluding hydrogens is 262 g/mol. The Bertz CT molecular complexity index is 587. The van der Waals surface area contributed by atoms with Crippen molar-refractivity contribution in [2.24, 2.45) is 0 Å². The average molecular weight is 280 g/mol. The van der Waals surface area contributed by atoms with Crippen LogP contribution in [0, 0.1) is 11.6 Å². The molecule has 20 heavy (non-hydrogen) atoms. The number of nitrogens with one attached hydrogen (secondary N) is 1. The van der Waals surface area contributed by atoms with Gasteiger partial charge in [-0.2, -0.15) is 5.10 Å². The highest BCUT2D eigenvalue weighted by molar-refractivity contribution is 5.19. The molecule has 1 N–H and O–H groups in total. The highest BCUT2D eigenvalue weighted by Crippen LogP contribution is 2.12. The van der Waals surface area contributed by atoms with E-state index in [-0.39, 0.29) is 17.6 Å². The summed E-state index contributed by atoms with van der Waals surface area (Å²) in [4.78, 5) is 4.14. The zero-order chi connectivity index (χ0) is 14.8. The van der Waals surface area contributed by atoms with Crippen LogP contribution in [0.4, 0.5) is 8.78 Å². The first-order valence-corrected chi connectivity index (χ1v) is 6.41. The minimum Gasteiger partial charge on any atom is -0.305 e. The van der Waals surface area contributed by atoms with Crippen LogP contribution in [0.1, 0.15) is 32.2 Å². The van der Waals surface area contributed by atoms with Gasteiger partial charge >= 0.3 is 0 Å². The minimum atomic E-state index is -0.462. The van der Waals surface area contributed by atoms with Gasteiger partial charge in [0.1, 0.15) is 23.8 Å². The van der Waals surface area contributed by atoms with Crippen LogP contribution < -0.4 is 5.32 Å². The van der Waals surface area contributed by atoms with E-state index in [1.807, 2.05) is 20.8 Å². The Morgan fingerprint density at radius 3 is 2.70 bits per heavy atom. The number of hydrogen-bond donors (Lipinski definition) is 1. The molecule has 4 nitrogen and oxygen atoms in total. The lowest BCUT2D eigenvalue weighted by molar-refractivity contribution is 0.409. The first-order valence-electron chi connectivity index (χ1n) is 6.41. The number of aromatic nitrogens is 3. The van der Waals surface area contributed by atoms with E-state index in [1.54, 1.807) is 4.68 Å². The zero-order valence-corrected chi connectivity index (χ0v) is 11.8. The van der Waals surface area contributed by atoms with Gasteiger partial charge in [0.25, 0.3) is 0 Å². The molecule has 0 atom stereocenters. The summed E-state index contributed by atoms with van der Waals surface area (Å²) < 4.78 is 28.3. The van der Waals surface area contributed by atoms with Gasteiger partial charge in [-0.25, -0.2) is 18.4 Å². The Labute approximate surface area is 116 Å². The van der Waals surface area contributed by atoms with E-state index >= 15 is 0 Å².